The lowest BCUT2D eigenvalue weighted by Gasteiger charge is -2.15. The third-order valence-corrected chi connectivity index (χ3v) is 5.11. The van der Waals surface area contributed by atoms with Crippen molar-refractivity contribution in [3.05, 3.63) is 70.3 Å². The number of carbonyl (C=O) groups is 1. The van der Waals surface area contributed by atoms with Gasteiger partial charge in [-0.3, -0.25) is 14.2 Å². The van der Waals surface area contributed by atoms with E-state index in [1.165, 1.54) is 15.8 Å². The smallest absolute Gasteiger partial charge is 0.261 e. The van der Waals surface area contributed by atoms with Gasteiger partial charge in [0.1, 0.15) is 6.54 Å². The van der Waals surface area contributed by atoms with Crippen molar-refractivity contribution in [3.63, 3.8) is 0 Å². The quantitative estimate of drug-likeness (QED) is 0.703. The topological polar surface area (TPSA) is 64.0 Å². The maximum atomic E-state index is 12.6. The van der Waals surface area contributed by atoms with Gasteiger partial charge in [0.15, 0.2) is 0 Å². The van der Waals surface area contributed by atoms with Gasteiger partial charge in [-0.25, -0.2) is 4.98 Å². The van der Waals surface area contributed by atoms with Crippen molar-refractivity contribution >= 4 is 28.6 Å². The molecule has 0 bridgehead atoms. The highest BCUT2D eigenvalue weighted by molar-refractivity contribution is 7.98. The van der Waals surface area contributed by atoms with Gasteiger partial charge in [-0.15, -0.1) is 11.8 Å². The van der Waals surface area contributed by atoms with Gasteiger partial charge < -0.3 is 5.32 Å². The molecule has 0 fully saturated rings. The molecule has 1 heterocycles. The summed E-state index contributed by atoms with van der Waals surface area (Å²) in [6.45, 7) is 3.79. The van der Waals surface area contributed by atoms with Crippen molar-refractivity contribution in [2.75, 3.05) is 6.26 Å². The van der Waals surface area contributed by atoms with Gasteiger partial charge in [0.2, 0.25) is 5.91 Å². The molecule has 3 rings (SSSR count). The Labute approximate surface area is 156 Å². The summed E-state index contributed by atoms with van der Waals surface area (Å²) >= 11 is 1.68. The van der Waals surface area contributed by atoms with E-state index in [1.807, 2.05) is 56.5 Å². The van der Waals surface area contributed by atoms with Crippen LogP contribution in [-0.4, -0.2) is 21.7 Å². The zero-order valence-corrected chi connectivity index (χ0v) is 15.8. The molecule has 0 radical (unpaired) electrons. The van der Waals surface area contributed by atoms with Crippen LogP contribution in [0.25, 0.3) is 10.9 Å². The fraction of sp³-hybridized carbons (Fsp3) is 0.250. The Balaban J connectivity index is 1.74. The number of fused-ring (bicyclic) bond motifs is 1. The highest BCUT2D eigenvalue weighted by Gasteiger charge is 2.12. The summed E-state index contributed by atoms with van der Waals surface area (Å²) in [6, 6.07) is 13.4. The minimum absolute atomic E-state index is 0.0526. The summed E-state index contributed by atoms with van der Waals surface area (Å²) in [6.07, 6.45) is 3.46. The molecular weight excluding hydrogens is 346 g/mol. The van der Waals surface area contributed by atoms with Crippen LogP contribution in [0.3, 0.4) is 0 Å². The predicted molar refractivity (Wildman–Crippen MR) is 106 cm³/mol. The molecule has 134 valence electrons. The predicted octanol–water partition coefficient (Wildman–Crippen LogP) is 3.30. The van der Waals surface area contributed by atoms with Gasteiger partial charge in [0.05, 0.1) is 23.3 Å². The summed E-state index contributed by atoms with van der Waals surface area (Å²) in [5.41, 5.74) is 2.44. The third-order valence-electron chi connectivity index (χ3n) is 4.36. The van der Waals surface area contributed by atoms with Crippen molar-refractivity contribution in [3.8, 4) is 0 Å². The molecule has 2 aromatic carbocycles. The van der Waals surface area contributed by atoms with Crippen LogP contribution in [0.15, 0.2) is 58.5 Å². The molecule has 0 aliphatic carbocycles. The summed E-state index contributed by atoms with van der Waals surface area (Å²) in [4.78, 5) is 30.5. The van der Waals surface area contributed by atoms with Crippen molar-refractivity contribution in [1.29, 1.82) is 0 Å². The molecule has 1 unspecified atom stereocenters. The van der Waals surface area contributed by atoms with E-state index in [4.69, 9.17) is 0 Å². The number of para-hydroxylation sites is 1. The van der Waals surface area contributed by atoms with E-state index in [0.29, 0.717) is 10.9 Å². The Morgan fingerprint density at radius 1 is 1.23 bits per heavy atom. The van der Waals surface area contributed by atoms with Crippen LogP contribution in [-0.2, 0) is 11.3 Å². The van der Waals surface area contributed by atoms with Crippen LogP contribution in [0, 0.1) is 6.92 Å². The number of thioether (sulfide) groups is 1. The molecule has 1 amide bonds. The highest BCUT2D eigenvalue weighted by atomic mass is 32.2. The number of rotatable bonds is 5. The van der Waals surface area contributed by atoms with E-state index in [1.54, 1.807) is 17.8 Å². The Morgan fingerprint density at radius 3 is 2.65 bits per heavy atom. The highest BCUT2D eigenvalue weighted by Crippen LogP contribution is 2.19. The fourth-order valence-corrected chi connectivity index (χ4v) is 3.28. The first-order chi connectivity index (χ1) is 12.5. The molecule has 0 spiro atoms. The zero-order chi connectivity index (χ0) is 18.7. The molecule has 1 N–H and O–H groups in total. The van der Waals surface area contributed by atoms with Crippen molar-refractivity contribution in [2.45, 2.75) is 31.3 Å². The van der Waals surface area contributed by atoms with E-state index in [9.17, 15) is 9.59 Å². The summed E-state index contributed by atoms with van der Waals surface area (Å²) in [5.74, 6) is -0.220. The molecule has 1 atom stereocenters. The van der Waals surface area contributed by atoms with Gasteiger partial charge in [-0.2, -0.15) is 0 Å². The average molecular weight is 367 g/mol. The zero-order valence-electron chi connectivity index (χ0n) is 15.0. The standard InChI is InChI=1S/C20H21N3O2S/c1-13-5-4-6-17-19(13)21-12-23(20(17)25)11-18(24)22-14(2)15-7-9-16(26-3)10-8-15/h4-10,12,14H,11H2,1-3H3,(H,22,24). The second-order valence-corrected chi connectivity index (χ2v) is 7.09. The van der Waals surface area contributed by atoms with Crippen LogP contribution < -0.4 is 10.9 Å². The van der Waals surface area contributed by atoms with Crippen LogP contribution in [0.2, 0.25) is 0 Å². The molecule has 6 heteroatoms. The maximum Gasteiger partial charge on any atom is 0.261 e. The van der Waals surface area contributed by atoms with Crippen molar-refractivity contribution in [1.82, 2.24) is 14.9 Å². The molecule has 0 saturated heterocycles. The normalized spacial score (nSPS) is 12.1. The Morgan fingerprint density at radius 2 is 1.96 bits per heavy atom. The van der Waals surface area contributed by atoms with E-state index >= 15 is 0 Å². The molecule has 3 aromatic rings. The summed E-state index contributed by atoms with van der Waals surface area (Å²) < 4.78 is 1.35. The number of aryl methyl sites for hydroxylation is 1. The van der Waals surface area contributed by atoms with Gasteiger partial charge >= 0.3 is 0 Å². The van der Waals surface area contributed by atoms with E-state index in [0.717, 1.165) is 11.1 Å². The molecule has 0 aliphatic heterocycles. The van der Waals surface area contributed by atoms with Crippen molar-refractivity contribution < 1.29 is 4.79 Å². The number of hydrogen-bond donors (Lipinski definition) is 1. The monoisotopic (exact) mass is 367 g/mol. The summed E-state index contributed by atoms with van der Waals surface area (Å²) in [5, 5.41) is 3.46. The lowest BCUT2D eigenvalue weighted by atomic mass is 10.1. The number of aromatic nitrogens is 2. The number of benzene rings is 2. The fourth-order valence-electron chi connectivity index (χ4n) is 2.87. The largest absolute Gasteiger partial charge is 0.348 e. The van der Waals surface area contributed by atoms with Crippen molar-refractivity contribution in [2.24, 2.45) is 0 Å². The second-order valence-electron chi connectivity index (χ2n) is 6.21. The van der Waals surface area contributed by atoms with Crippen LogP contribution in [0.1, 0.15) is 24.1 Å². The van der Waals surface area contributed by atoms with Gasteiger partial charge in [0, 0.05) is 4.90 Å². The minimum atomic E-state index is -0.220. The minimum Gasteiger partial charge on any atom is -0.348 e. The number of nitrogens with zero attached hydrogens (tertiary/aromatic N) is 2. The Bertz CT molecular complexity index is 996. The second kappa shape index (κ2) is 7.74. The SMILES string of the molecule is CSc1ccc(C(C)NC(=O)Cn2cnc3c(C)cccc3c2=O)cc1. The Kier molecular flexibility index (Phi) is 5.42. The molecule has 0 aliphatic rings. The van der Waals surface area contributed by atoms with Crippen LogP contribution in [0.4, 0.5) is 0 Å². The molecule has 26 heavy (non-hydrogen) atoms. The number of amides is 1. The lowest BCUT2D eigenvalue weighted by molar-refractivity contribution is -0.122. The van der Waals surface area contributed by atoms with Crippen LogP contribution in [0.5, 0.6) is 0 Å². The maximum absolute atomic E-state index is 12.6. The molecule has 5 nitrogen and oxygen atoms in total. The van der Waals surface area contributed by atoms with Crippen LogP contribution >= 0.6 is 11.8 Å². The Hall–Kier alpha value is -2.60. The molecular formula is C20H21N3O2S. The molecule has 0 saturated carbocycles. The van der Waals surface area contributed by atoms with Gasteiger partial charge in [-0.1, -0.05) is 24.3 Å². The summed E-state index contributed by atoms with van der Waals surface area (Å²) in [7, 11) is 0. The molecule has 1 aromatic heterocycles. The third kappa shape index (κ3) is 3.80. The number of nitrogens with one attached hydrogen (secondary N) is 1. The lowest BCUT2D eigenvalue weighted by Crippen LogP contribution is -2.34. The number of hydrogen-bond acceptors (Lipinski definition) is 4. The first-order valence-corrected chi connectivity index (χ1v) is 9.60. The first kappa shape index (κ1) is 18.2. The van der Waals surface area contributed by atoms with E-state index in [-0.39, 0.29) is 24.1 Å². The van der Waals surface area contributed by atoms with E-state index < -0.39 is 0 Å². The first-order valence-electron chi connectivity index (χ1n) is 8.37. The number of carbonyl (C=O) groups excluding carboxylic acids is 1. The average Bonchev–Trinajstić information content (AvgIpc) is 2.64. The van der Waals surface area contributed by atoms with Gasteiger partial charge in [-0.05, 0) is 49.4 Å². The van der Waals surface area contributed by atoms with E-state index in [2.05, 4.69) is 10.3 Å². The van der Waals surface area contributed by atoms with Gasteiger partial charge in [0.25, 0.3) is 5.56 Å².